The lowest BCUT2D eigenvalue weighted by Crippen LogP contribution is -2.52. The van der Waals surface area contributed by atoms with Crippen LogP contribution in [0.25, 0.3) is 0 Å². The molecule has 2 heterocycles. The van der Waals surface area contributed by atoms with Crippen molar-refractivity contribution in [3.63, 3.8) is 0 Å². The highest BCUT2D eigenvalue weighted by Crippen LogP contribution is 2.23. The zero-order chi connectivity index (χ0) is 20.4. The molecule has 1 atom stereocenters. The van der Waals surface area contributed by atoms with Crippen molar-refractivity contribution in [2.24, 2.45) is 5.92 Å². The summed E-state index contributed by atoms with van der Waals surface area (Å²) in [5, 5.41) is 0. The van der Waals surface area contributed by atoms with E-state index in [9.17, 15) is 14.4 Å². The van der Waals surface area contributed by atoms with Crippen LogP contribution >= 0.6 is 0 Å². The molecule has 2 fully saturated rings. The lowest BCUT2D eigenvalue weighted by Gasteiger charge is -2.36. The molecule has 1 aromatic carbocycles. The Morgan fingerprint density at radius 1 is 1.00 bits per heavy atom. The molecule has 0 bridgehead atoms. The molecular formula is C21H30N4O3. The smallest absolute Gasteiger partial charge is 0.253 e. The third-order valence-electron chi connectivity index (χ3n) is 5.64. The van der Waals surface area contributed by atoms with Crippen LogP contribution < -0.4 is 4.90 Å². The molecule has 28 heavy (non-hydrogen) atoms. The van der Waals surface area contributed by atoms with Crippen LogP contribution in [0.1, 0.15) is 30.6 Å². The lowest BCUT2D eigenvalue weighted by molar-refractivity contribution is -0.137. The van der Waals surface area contributed by atoms with E-state index in [-0.39, 0.29) is 29.7 Å². The highest BCUT2D eigenvalue weighted by atomic mass is 16.2. The zero-order valence-corrected chi connectivity index (χ0v) is 17.2. The number of rotatable bonds is 4. The summed E-state index contributed by atoms with van der Waals surface area (Å²) in [6.07, 6.45) is 0.300. The summed E-state index contributed by atoms with van der Waals surface area (Å²) in [7, 11) is 3.93. The molecule has 0 N–H and O–H groups in total. The average molecular weight is 386 g/mol. The molecule has 7 heteroatoms. The van der Waals surface area contributed by atoms with Crippen LogP contribution in [-0.2, 0) is 9.59 Å². The van der Waals surface area contributed by atoms with E-state index in [0.717, 1.165) is 5.69 Å². The molecule has 3 amide bonds. The molecule has 152 valence electrons. The molecule has 0 radical (unpaired) electrons. The Bertz CT molecular complexity index is 737. The van der Waals surface area contributed by atoms with Crippen LogP contribution in [0.3, 0.4) is 0 Å². The second-order valence-corrected chi connectivity index (χ2v) is 8.10. The fourth-order valence-electron chi connectivity index (χ4n) is 3.87. The van der Waals surface area contributed by atoms with Crippen molar-refractivity contribution in [1.29, 1.82) is 0 Å². The summed E-state index contributed by atoms with van der Waals surface area (Å²) in [4.78, 5) is 45.0. The first kappa shape index (κ1) is 20.2. The van der Waals surface area contributed by atoms with Gasteiger partial charge in [-0.25, -0.2) is 0 Å². The second kappa shape index (κ2) is 8.20. The van der Waals surface area contributed by atoms with Crippen LogP contribution in [0.4, 0.5) is 5.69 Å². The number of anilines is 1. The predicted molar refractivity (Wildman–Crippen MR) is 108 cm³/mol. The minimum absolute atomic E-state index is 0.000526. The molecule has 0 saturated carbocycles. The monoisotopic (exact) mass is 386 g/mol. The molecule has 0 aromatic heterocycles. The third-order valence-corrected chi connectivity index (χ3v) is 5.64. The summed E-state index contributed by atoms with van der Waals surface area (Å²) in [6, 6.07) is 7.69. The molecule has 7 nitrogen and oxygen atoms in total. The fraction of sp³-hybridized carbons (Fsp3) is 0.571. The fourth-order valence-corrected chi connectivity index (χ4v) is 3.87. The Morgan fingerprint density at radius 3 is 2.07 bits per heavy atom. The number of benzene rings is 1. The highest BCUT2D eigenvalue weighted by molar-refractivity contribution is 5.95. The van der Waals surface area contributed by atoms with Gasteiger partial charge in [-0.3, -0.25) is 14.4 Å². The van der Waals surface area contributed by atoms with E-state index in [1.807, 2.05) is 57.1 Å². The standard InChI is InChI=1S/C21H30N4O3/c1-15(2)25-14-17(13-19(25)26)21(28)24-11-9-23(10-12-24)20(27)16-5-7-18(8-6-16)22(3)4/h5-8,15,17H,9-14H2,1-4H3. The molecule has 2 saturated heterocycles. The van der Waals surface area contributed by atoms with Gasteiger partial charge in [0.05, 0.1) is 5.92 Å². The number of piperazine rings is 1. The summed E-state index contributed by atoms with van der Waals surface area (Å²) in [5.74, 6) is -0.155. The number of nitrogens with zero attached hydrogens (tertiary/aromatic N) is 4. The van der Waals surface area contributed by atoms with E-state index in [1.165, 1.54) is 0 Å². The number of hydrogen-bond donors (Lipinski definition) is 0. The largest absolute Gasteiger partial charge is 0.378 e. The molecule has 2 aliphatic heterocycles. The Hall–Kier alpha value is -2.57. The van der Waals surface area contributed by atoms with Crippen molar-refractivity contribution < 1.29 is 14.4 Å². The van der Waals surface area contributed by atoms with Gasteiger partial charge in [-0.1, -0.05) is 0 Å². The van der Waals surface area contributed by atoms with Crippen molar-refractivity contribution in [3.05, 3.63) is 29.8 Å². The summed E-state index contributed by atoms with van der Waals surface area (Å²) in [6.45, 7) is 6.54. The Morgan fingerprint density at radius 2 is 1.57 bits per heavy atom. The maximum atomic E-state index is 12.8. The Kier molecular flexibility index (Phi) is 5.91. The third kappa shape index (κ3) is 4.13. The van der Waals surface area contributed by atoms with E-state index in [2.05, 4.69) is 0 Å². The van der Waals surface area contributed by atoms with E-state index >= 15 is 0 Å². The van der Waals surface area contributed by atoms with Crippen LogP contribution in [0.5, 0.6) is 0 Å². The van der Waals surface area contributed by atoms with Crippen LogP contribution in [0.2, 0.25) is 0 Å². The summed E-state index contributed by atoms with van der Waals surface area (Å²) < 4.78 is 0. The maximum Gasteiger partial charge on any atom is 0.253 e. The van der Waals surface area contributed by atoms with Gasteiger partial charge in [0.15, 0.2) is 0 Å². The van der Waals surface area contributed by atoms with E-state index < -0.39 is 0 Å². The molecule has 3 rings (SSSR count). The molecular weight excluding hydrogens is 356 g/mol. The topological polar surface area (TPSA) is 64.2 Å². The first-order valence-electron chi connectivity index (χ1n) is 9.93. The van der Waals surface area contributed by atoms with Crippen LogP contribution in [0, 0.1) is 5.92 Å². The van der Waals surface area contributed by atoms with Gasteiger partial charge in [0, 0.05) is 70.5 Å². The van der Waals surface area contributed by atoms with Crippen molar-refractivity contribution in [3.8, 4) is 0 Å². The summed E-state index contributed by atoms with van der Waals surface area (Å²) in [5.41, 5.74) is 1.72. The molecule has 2 aliphatic rings. The van der Waals surface area contributed by atoms with Crippen LogP contribution in [0.15, 0.2) is 24.3 Å². The molecule has 0 spiro atoms. The normalized spacial score (nSPS) is 20.1. The maximum absolute atomic E-state index is 12.8. The van der Waals surface area contributed by atoms with Crippen LogP contribution in [-0.4, -0.2) is 85.3 Å². The lowest BCUT2D eigenvalue weighted by atomic mass is 10.1. The van der Waals surface area contributed by atoms with Gasteiger partial charge in [-0.2, -0.15) is 0 Å². The van der Waals surface area contributed by atoms with Gasteiger partial charge >= 0.3 is 0 Å². The van der Waals surface area contributed by atoms with Gasteiger partial charge < -0.3 is 19.6 Å². The van der Waals surface area contributed by atoms with Crippen molar-refractivity contribution >= 4 is 23.4 Å². The number of amides is 3. The first-order chi connectivity index (χ1) is 13.3. The Balaban J connectivity index is 1.55. The zero-order valence-electron chi connectivity index (χ0n) is 17.2. The molecule has 1 unspecified atom stereocenters. The number of hydrogen-bond acceptors (Lipinski definition) is 4. The molecule has 0 aliphatic carbocycles. The number of carbonyl (C=O) groups is 3. The average Bonchev–Trinajstić information content (AvgIpc) is 3.09. The van der Waals surface area contributed by atoms with Crippen molar-refractivity contribution in [2.75, 3.05) is 51.7 Å². The van der Waals surface area contributed by atoms with Gasteiger partial charge in [0.25, 0.3) is 5.91 Å². The highest BCUT2D eigenvalue weighted by Gasteiger charge is 2.38. The van der Waals surface area contributed by atoms with Gasteiger partial charge in [-0.05, 0) is 38.1 Å². The SMILES string of the molecule is CC(C)N1CC(C(=O)N2CCN(C(=O)c3ccc(N(C)C)cc3)CC2)CC1=O. The van der Waals surface area contributed by atoms with Crippen molar-refractivity contribution in [1.82, 2.24) is 14.7 Å². The predicted octanol–water partition coefficient (Wildman–Crippen LogP) is 1.29. The minimum Gasteiger partial charge on any atom is -0.378 e. The van der Waals surface area contributed by atoms with E-state index in [4.69, 9.17) is 0 Å². The van der Waals surface area contributed by atoms with E-state index in [0.29, 0.717) is 44.7 Å². The number of carbonyl (C=O) groups excluding carboxylic acids is 3. The minimum atomic E-state index is -0.254. The van der Waals surface area contributed by atoms with Gasteiger partial charge in [0.2, 0.25) is 11.8 Å². The first-order valence-corrected chi connectivity index (χ1v) is 9.93. The quantitative estimate of drug-likeness (QED) is 0.782. The Labute approximate surface area is 166 Å². The van der Waals surface area contributed by atoms with Gasteiger partial charge in [-0.15, -0.1) is 0 Å². The van der Waals surface area contributed by atoms with E-state index in [1.54, 1.807) is 14.7 Å². The summed E-state index contributed by atoms with van der Waals surface area (Å²) >= 11 is 0. The van der Waals surface area contributed by atoms with Gasteiger partial charge in [0.1, 0.15) is 0 Å². The molecule has 1 aromatic rings. The number of likely N-dealkylation sites (tertiary alicyclic amines) is 1. The van der Waals surface area contributed by atoms with Crippen molar-refractivity contribution in [2.45, 2.75) is 26.3 Å². The second-order valence-electron chi connectivity index (χ2n) is 8.10.